The van der Waals surface area contributed by atoms with Crippen LogP contribution in [-0.4, -0.2) is 7.05 Å². The number of rotatable bonds is 3. The molecule has 2 rings (SSSR count). The first-order valence-electron chi connectivity index (χ1n) is 5.58. The van der Waals surface area contributed by atoms with Crippen molar-refractivity contribution in [3.63, 3.8) is 0 Å². The molecule has 94 valence electrons. The first-order chi connectivity index (χ1) is 8.59. The number of benzene rings is 2. The van der Waals surface area contributed by atoms with Crippen molar-refractivity contribution in [2.75, 3.05) is 17.7 Å². The number of hydrogen-bond acceptors (Lipinski definition) is 2. The summed E-state index contributed by atoms with van der Waals surface area (Å²) in [7, 11) is 1.96. The lowest BCUT2D eigenvalue weighted by Gasteiger charge is -2.22. The van der Waals surface area contributed by atoms with Gasteiger partial charge in [0.15, 0.2) is 0 Å². The fraction of sp³-hybridized carbons (Fsp3) is 0.143. The molecular formula is C14H14Cl2N2. The lowest BCUT2D eigenvalue weighted by atomic mass is 10.2. The summed E-state index contributed by atoms with van der Waals surface area (Å²) in [4.78, 5) is 2.03. The molecule has 2 N–H and O–H groups in total. The average Bonchev–Trinajstić information content (AvgIpc) is 2.35. The van der Waals surface area contributed by atoms with E-state index >= 15 is 0 Å². The molecule has 0 unspecified atom stereocenters. The normalized spacial score (nSPS) is 10.4. The maximum Gasteiger partial charge on any atom is 0.0741 e. The van der Waals surface area contributed by atoms with Crippen LogP contribution >= 0.6 is 23.2 Å². The van der Waals surface area contributed by atoms with Crippen molar-refractivity contribution in [1.82, 2.24) is 0 Å². The predicted molar refractivity (Wildman–Crippen MR) is 79.4 cm³/mol. The number of hydrogen-bond donors (Lipinski definition) is 1. The highest BCUT2D eigenvalue weighted by atomic mass is 35.5. The van der Waals surface area contributed by atoms with Gasteiger partial charge in [0.05, 0.1) is 16.4 Å². The Balaban J connectivity index is 2.25. The van der Waals surface area contributed by atoms with Gasteiger partial charge in [-0.1, -0.05) is 47.5 Å². The molecule has 0 amide bonds. The standard InChI is InChI=1S/C14H14Cl2N2/c1-18(9-10-5-2-3-6-11(10)15)13-8-4-7-12(16)14(13)17/h2-8H,9,17H2,1H3. The van der Waals surface area contributed by atoms with Gasteiger partial charge in [0.1, 0.15) is 0 Å². The zero-order valence-electron chi connectivity index (χ0n) is 10.0. The molecule has 0 spiro atoms. The summed E-state index contributed by atoms with van der Waals surface area (Å²) in [5, 5.41) is 1.32. The molecule has 2 aromatic rings. The molecule has 18 heavy (non-hydrogen) atoms. The van der Waals surface area contributed by atoms with E-state index in [1.165, 1.54) is 0 Å². The molecule has 0 heterocycles. The third kappa shape index (κ3) is 2.71. The van der Waals surface area contributed by atoms with Crippen molar-refractivity contribution in [1.29, 1.82) is 0 Å². The number of nitrogens with zero attached hydrogens (tertiary/aromatic N) is 1. The molecular weight excluding hydrogens is 267 g/mol. The van der Waals surface area contributed by atoms with Gasteiger partial charge in [-0.15, -0.1) is 0 Å². The monoisotopic (exact) mass is 280 g/mol. The van der Waals surface area contributed by atoms with Crippen LogP contribution in [0.3, 0.4) is 0 Å². The lowest BCUT2D eigenvalue weighted by molar-refractivity contribution is 0.925. The highest BCUT2D eigenvalue weighted by molar-refractivity contribution is 6.33. The number of halogens is 2. The van der Waals surface area contributed by atoms with Gasteiger partial charge in [0.25, 0.3) is 0 Å². The molecule has 0 bridgehead atoms. The molecule has 0 atom stereocenters. The van der Waals surface area contributed by atoms with Crippen LogP contribution in [0.15, 0.2) is 42.5 Å². The summed E-state index contributed by atoms with van der Waals surface area (Å²) >= 11 is 12.2. The molecule has 0 aliphatic rings. The van der Waals surface area contributed by atoms with E-state index in [1.807, 2.05) is 48.3 Å². The largest absolute Gasteiger partial charge is 0.396 e. The minimum Gasteiger partial charge on any atom is -0.396 e. The maximum atomic E-state index is 6.14. The van der Waals surface area contributed by atoms with Crippen LogP contribution < -0.4 is 10.6 Å². The molecule has 2 nitrogen and oxygen atoms in total. The van der Waals surface area contributed by atoms with E-state index < -0.39 is 0 Å². The smallest absolute Gasteiger partial charge is 0.0741 e. The minimum atomic E-state index is 0.568. The molecule has 0 aliphatic heterocycles. The van der Waals surface area contributed by atoms with E-state index in [-0.39, 0.29) is 0 Å². The Bertz CT molecular complexity index is 555. The van der Waals surface area contributed by atoms with Crippen molar-refractivity contribution in [2.45, 2.75) is 6.54 Å². The Morgan fingerprint density at radius 2 is 1.67 bits per heavy atom. The molecule has 0 saturated carbocycles. The quantitative estimate of drug-likeness (QED) is 0.854. The van der Waals surface area contributed by atoms with Crippen LogP contribution in [0.4, 0.5) is 11.4 Å². The second-order valence-corrected chi connectivity index (χ2v) is 4.93. The Kier molecular flexibility index (Phi) is 4.00. The SMILES string of the molecule is CN(Cc1ccccc1Cl)c1cccc(Cl)c1N. The van der Waals surface area contributed by atoms with Crippen molar-refractivity contribution in [3.05, 3.63) is 58.1 Å². The third-order valence-corrected chi connectivity index (χ3v) is 3.50. The molecule has 0 aliphatic carbocycles. The van der Waals surface area contributed by atoms with Gasteiger partial charge in [0, 0.05) is 18.6 Å². The predicted octanol–water partition coefficient (Wildman–Crippen LogP) is 4.21. The van der Waals surface area contributed by atoms with Gasteiger partial charge in [-0.2, -0.15) is 0 Å². The van der Waals surface area contributed by atoms with E-state index in [2.05, 4.69) is 0 Å². The Labute approximate surface area is 117 Å². The minimum absolute atomic E-state index is 0.568. The highest BCUT2D eigenvalue weighted by Crippen LogP contribution is 2.30. The van der Waals surface area contributed by atoms with Gasteiger partial charge < -0.3 is 10.6 Å². The Morgan fingerprint density at radius 3 is 2.39 bits per heavy atom. The Morgan fingerprint density at radius 1 is 1.00 bits per heavy atom. The molecule has 0 fully saturated rings. The van der Waals surface area contributed by atoms with Crippen LogP contribution in [0.25, 0.3) is 0 Å². The number of para-hydroxylation sites is 1. The van der Waals surface area contributed by atoms with E-state index in [1.54, 1.807) is 6.07 Å². The van der Waals surface area contributed by atoms with Gasteiger partial charge in [-0.25, -0.2) is 0 Å². The Hall–Kier alpha value is -1.38. The number of nitrogens with two attached hydrogens (primary N) is 1. The first kappa shape index (κ1) is 13.1. The van der Waals surface area contributed by atoms with Gasteiger partial charge in [-0.05, 0) is 23.8 Å². The van der Waals surface area contributed by atoms with Crippen LogP contribution in [0.5, 0.6) is 0 Å². The van der Waals surface area contributed by atoms with Crippen LogP contribution in [0, 0.1) is 0 Å². The third-order valence-electron chi connectivity index (χ3n) is 2.81. The fourth-order valence-corrected chi connectivity index (χ4v) is 2.19. The van der Waals surface area contributed by atoms with Crippen LogP contribution in [0.2, 0.25) is 10.0 Å². The van der Waals surface area contributed by atoms with E-state index in [4.69, 9.17) is 28.9 Å². The second kappa shape index (κ2) is 5.51. The zero-order valence-corrected chi connectivity index (χ0v) is 11.5. The van der Waals surface area contributed by atoms with Crippen LogP contribution in [-0.2, 0) is 6.54 Å². The van der Waals surface area contributed by atoms with E-state index in [0.717, 1.165) is 16.3 Å². The fourth-order valence-electron chi connectivity index (χ4n) is 1.83. The maximum absolute atomic E-state index is 6.14. The van der Waals surface area contributed by atoms with Crippen molar-refractivity contribution >= 4 is 34.6 Å². The van der Waals surface area contributed by atoms with Crippen molar-refractivity contribution < 1.29 is 0 Å². The second-order valence-electron chi connectivity index (χ2n) is 4.12. The lowest BCUT2D eigenvalue weighted by Crippen LogP contribution is -2.18. The van der Waals surface area contributed by atoms with Crippen molar-refractivity contribution in [2.24, 2.45) is 0 Å². The van der Waals surface area contributed by atoms with Crippen LogP contribution in [0.1, 0.15) is 5.56 Å². The van der Waals surface area contributed by atoms with Gasteiger partial charge in [0.2, 0.25) is 0 Å². The summed E-state index contributed by atoms with van der Waals surface area (Å²) in [5.41, 5.74) is 8.52. The molecule has 0 radical (unpaired) electrons. The van der Waals surface area contributed by atoms with Gasteiger partial charge in [-0.3, -0.25) is 0 Å². The number of anilines is 2. The van der Waals surface area contributed by atoms with E-state index in [9.17, 15) is 0 Å². The topological polar surface area (TPSA) is 29.3 Å². The van der Waals surface area contributed by atoms with Crippen molar-refractivity contribution in [3.8, 4) is 0 Å². The summed E-state index contributed by atoms with van der Waals surface area (Å²) in [6, 6.07) is 13.4. The molecule has 0 saturated heterocycles. The molecule has 0 aromatic heterocycles. The molecule has 2 aromatic carbocycles. The summed E-state index contributed by atoms with van der Waals surface area (Å²) < 4.78 is 0. The summed E-state index contributed by atoms with van der Waals surface area (Å²) in [6.07, 6.45) is 0. The van der Waals surface area contributed by atoms with E-state index in [0.29, 0.717) is 17.3 Å². The van der Waals surface area contributed by atoms with Gasteiger partial charge >= 0.3 is 0 Å². The first-order valence-corrected chi connectivity index (χ1v) is 6.33. The highest BCUT2D eigenvalue weighted by Gasteiger charge is 2.09. The molecule has 4 heteroatoms. The summed E-state index contributed by atoms with van der Waals surface area (Å²) in [6.45, 7) is 0.685. The zero-order chi connectivity index (χ0) is 13.1. The average molecular weight is 281 g/mol. The summed E-state index contributed by atoms with van der Waals surface area (Å²) in [5.74, 6) is 0. The number of nitrogen functional groups attached to an aromatic ring is 1.